The highest BCUT2D eigenvalue weighted by atomic mass is 16.5. The van der Waals surface area contributed by atoms with Gasteiger partial charge in [0.1, 0.15) is 0 Å². The summed E-state index contributed by atoms with van der Waals surface area (Å²) in [5.41, 5.74) is 1.25. The van der Waals surface area contributed by atoms with Crippen molar-refractivity contribution in [3.05, 3.63) is 17.7 Å². The monoisotopic (exact) mass is 279 g/mol. The second-order valence-electron chi connectivity index (χ2n) is 5.84. The van der Waals surface area contributed by atoms with Gasteiger partial charge in [0.25, 0.3) is 0 Å². The molecule has 4 heteroatoms. The molecule has 0 radical (unpaired) electrons. The molecule has 1 aromatic rings. The maximum atomic E-state index is 5.51. The van der Waals surface area contributed by atoms with Crippen LogP contribution >= 0.6 is 0 Å². The standard InChI is InChI=1S/C16H25NO3/c1-16(2,12-7-8-12)17-10-11-6-9-13(18-3)15(20-5)14(11)19-4/h6,9,12,17H,7-8,10H2,1-5H3. The molecular formula is C16H25NO3. The van der Waals surface area contributed by atoms with Gasteiger partial charge in [0.15, 0.2) is 11.5 Å². The summed E-state index contributed by atoms with van der Waals surface area (Å²) in [6.45, 7) is 5.28. The molecule has 1 aromatic carbocycles. The molecule has 1 aliphatic carbocycles. The van der Waals surface area contributed by atoms with Crippen LogP contribution in [0.25, 0.3) is 0 Å². The first-order chi connectivity index (χ1) is 9.53. The van der Waals surface area contributed by atoms with Gasteiger partial charge < -0.3 is 19.5 Å². The third-order valence-corrected chi connectivity index (χ3v) is 4.12. The molecule has 1 aliphatic rings. The van der Waals surface area contributed by atoms with E-state index in [0.717, 1.165) is 23.8 Å². The molecule has 0 amide bonds. The number of hydrogen-bond donors (Lipinski definition) is 1. The van der Waals surface area contributed by atoms with Crippen molar-refractivity contribution in [2.24, 2.45) is 5.92 Å². The first-order valence-corrected chi connectivity index (χ1v) is 7.06. The Hall–Kier alpha value is -1.42. The van der Waals surface area contributed by atoms with Gasteiger partial charge in [0, 0.05) is 17.6 Å². The lowest BCUT2D eigenvalue weighted by molar-refractivity contribution is 0.313. The summed E-state index contributed by atoms with van der Waals surface area (Å²) in [4.78, 5) is 0. The first kappa shape index (κ1) is 15.0. The Morgan fingerprint density at radius 2 is 1.70 bits per heavy atom. The molecule has 1 fully saturated rings. The summed E-state index contributed by atoms with van der Waals surface area (Å²) in [6, 6.07) is 3.94. The number of ether oxygens (including phenoxy) is 3. The summed E-state index contributed by atoms with van der Waals surface area (Å²) >= 11 is 0. The van der Waals surface area contributed by atoms with Gasteiger partial charge in [0.2, 0.25) is 5.75 Å². The second-order valence-corrected chi connectivity index (χ2v) is 5.84. The van der Waals surface area contributed by atoms with E-state index in [0.29, 0.717) is 11.5 Å². The summed E-state index contributed by atoms with van der Waals surface area (Å²) in [7, 11) is 4.92. The summed E-state index contributed by atoms with van der Waals surface area (Å²) in [5, 5.41) is 3.62. The Balaban J connectivity index is 2.18. The molecule has 112 valence electrons. The predicted octanol–water partition coefficient (Wildman–Crippen LogP) is 2.99. The van der Waals surface area contributed by atoms with Crippen LogP contribution in [-0.4, -0.2) is 26.9 Å². The lowest BCUT2D eigenvalue weighted by Crippen LogP contribution is -2.40. The molecule has 1 saturated carbocycles. The molecule has 0 spiro atoms. The second kappa shape index (κ2) is 5.92. The third-order valence-electron chi connectivity index (χ3n) is 4.12. The van der Waals surface area contributed by atoms with Gasteiger partial charge in [-0.05, 0) is 38.7 Å². The lowest BCUT2D eigenvalue weighted by Gasteiger charge is -2.27. The quantitative estimate of drug-likeness (QED) is 0.833. The Kier molecular flexibility index (Phi) is 4.43. The molecular weight excluding hydrogens is 254 g/mol. The maximum absolute atomic E-state index is 5.51. The Bertz CT molecular complexity index is 467. The Morgan fingerprint density at radius 3 is 2.20 bits per heavy atom. The minimum Gasteiger partial charge on any atom is -0.493 e. The molecule has 0 atom stereocenters. The van der Waals surface area contributed by atoms with Crippen molar-refractivity contribution in [3.8, 4) is 17.2 Å². The van der Waals surface area contributed by atoms with Crippen molar-refractivity contribution in [1.82, 2.24) is 5.32 Å². The van der Waals surface area contributed by atoms with E-state index in [1.54, 1.807) is 21.3 Å². The van der Waals surface area contributed by atoms with Crippen LogP contribution in [0.5, 0.6) is 17.2 Å². The molecule has 2 rings (SSSR count). The number of nitrogens with one attached hydrogen (secondary N) is 1. The third kappa shape index (κ3) is 3.01. The number of benzene rings is 1. The molecule has 0 aromatic heterocycles. The van der Waals surface area contributed by atoms with Gasteiger partial charge in [-0.25, -0.2) is 0 Å². The Morgan fingerprint density at radius 1 is 1.05 bits per heavy atom. The van der Waals surface area contributed by atoms with E-state index >= 15 is 0 Å². The minimum absolute atomic E-state index is 0.165. The van der Waals surface area contributed by atoms with Gasteiger partial charge in [-0.1, -0.05) is 6.07 Å². The van der Waals surface area contributed by atoms with Crippen LogP contribution in [0.15, 0.2) is 12.1 Å². The fraction of sp³-hybridized carbons (Fsp3) is 0.625. The normalized spacial score (nSPS) is 15.1. The van der Waals surface area contributed by atoms with Gasteiger partial charge in [-0.2, -0.15) is 0 Å². The van der Waals surface area contributed by atoms with E-state index in [-0.39, 0.29) is 5.54 Å². The zero-order chi connectivity index (χ0) is 14.8. The van der Waals surface area contributed by atoms with Gasteiger partial charge >= 0.3 is 0 Å². The summed E-state index contributed by atoms with van der Waals surface area (Å²) < 4.78 is 16.2. The van der Waals surface area contributed by atoms with Crippen LogP contribution in [0.3, 0.4) is 0 Å². The fourth-order valence-electron chi connectivity index (χ4n) is 2.57. The number of hydrogen-bond acceptors (Lipinski definition) is 4. The lowest BCUT2D eigenvalue weighted by atomic mass is 9.98. The van der Waals surface area contributed by atoms with Crippen molar-refractivity contribution < 1.29 is 14.2 Å². The predicted molar refractivity (Wildman–Crippen MR) is 79.7 cm³/mol. The SMILES string of the molecule is COc1ccc(CNC(C)(C)C2CC2)c(OC)c1OC. The summed E-state index contributed by atoms with van der Waals surface area (Å²) in [5.74, 6) is 2.87. The minimum atomic E-state index is 0.165. The van der Waals surface area contributed by atoms with E-state index in [4.69, 9.17) is 14.2 Å². The van der Waals surface area contributed by atoms with E-state index in [2.05, 4.69) is 19.2 Å². The van der Waals surface area contributed by atoms with Gasteiger partial charge in [-0.15, -0.1) is 0 Å². The average molecular weight is 279 g/mol. The van der Waals surface area contributed by atoms with Gasteiger partial charge in [0.05, 0.1) is 21.3 Å². The number of rotatable bonds is 7. The van der Waals surface area contributed by atoms with Crippen molar-refractivity contribution in [1.29, 1.82) is 0 Å². The molecule has 20 heavy (non-hydrogen) atoms. The molecule has 1 N–H and O–H groups in total. The van der Waals surface area contributed by atoms with E-state index < -0.39 is 0 Å². The van der Waals surface area contributed by atoms with Crippen LogP contribution in [0.4, 0.5) is 0 Å². The van der Waals surface area contributed by atoms with Crippen LogP contribution in [0.2, 0.25) is 0 Å². The molecule has 0 saturated heterocycles. The smallest absolute Gasteiger partial charge is 0.203 e. The zero-order valence-corrected chi connectivity index (χ0v) is 13.1. The molecule has 0 heterocycles. The average Bonchev–Trinajstić information content (AvgIpc) is 3.28. The van der Waals surface area contributed by atoms with E-state index in [1.165, 1.54) is 12.8 Å². The van der Waals surface area contributed by atoms with Crippen LogP contribution in [-0.2, 0) is 6.54 Å². The molecule has 0 bridgehead atoms. The number of methoxy groups -OCH3 is 3. The van der Waals surface area contributed by atoms with E-state index in [9.17, 15) is 0 Å². The van der Waals surface area contributed by atoms with Crippen LogP contribution < -0.4 is 19.5 Å². The van der Waals surface area contributed by atoms with Gasteiger partial charge in [-0.3, -0.25) is 0 Å². The van der Waals surface area contributed by atoms with Crippen molar-refractivity contribution in [3.63, 3.8) is 0 Å². The van der Waals surface area contributed by atoms with Crippen molar-refractivity contribution >= 4 is 0 Å². The molecule has 0 unspecified atom stereocenters. The highest BCUT2D eigenvalue weighted by Crippen LogP contribution is 2.41. The molecule has 0 aliphatic heterocycles. The Labute approximate surface area is 121 Å². The van der Waals surface area contributed by atoms with Crippen molar-refractivity contribution in [2.75, 3.05) is 21.3 Å². The maximum Gasteiger partial charge on any atom is 0.203 e. The highest BCUT2D eigenvalue weighted by Gasteiger charge is 2.37. The first-order valence-electron chi connectivity index (χ1n) is 7.06. The highest BCUT2D eigenvalue weighted by molar-refractivity contribution is 5.55. The van der Waals surface area contributed by atoms with Crippen LogP contribution in [0.1, 0.15) is 32.3 Å². The zero-order valence-electron chi connectivity index (χ0n) is 13.1. The van der Waals surface area contributed by atoms with Crippen LogP contribution in [0, 0.1) is 5.92 Å². The molecule has 4 nitrogen and oxygen atoms in total. The largest absolute Gasteiger partial charge is 0.493 e. The van der Waals surface area contributed by atoms with Crippen molar-refractivity contribution in [2.45, 2.75) is 38.8 Å². The topological polar surface area (TPSA) is 39.7 Å². The summed E-state index contributed by atoms with van der Waals surface area (Å²) in [6.07, 6.45) is 2.64. The fourth-order valence-corrected chi connectivity index (χ4v) is 2.57. The van der Waals surface area contributed by atoms with E-state index in [1.807, 2.05) is 12.1 Å².